The minimum Gasteiger partial charge on any atom is -0.268 e. The molecular formula is C8H5F2NO. The molecule has 1 heterocycles. The lowest BCUT2D eigenvalue weighted by atomic mass is 10.1. The molecule has 0 spiro atoms. The van der Waals surface area contributed by atoms with Crippen LogP contribution >= 0.6 is 0 Å². The summed E-state index contributed by atoms with van der Waals surface area (Å²) < 4.78 is 25.7. The molecule has 1 amide bonds. The average molecular weight is 169 g/mol. The molecule has 0 radical (unpaired) electrons. The van der Waals surface area contributed by atoms with Crippen LogP contribution in [0.1, 0.15) is 11.7 Å². The molecule has 2 rings (SSSR count). The largest absolute Gasteiger partial charge is 0.294 e. The van der Waals surface area contributed by atoms with E-state index in [2.05, 4.69) is 0 Å². The fraction of sp³-hybridized carbons (Fsp3) is 0.125. The molecule has 1 aromatic rings. The molecule has 1 atom stereocenters. The molecule has 4 heteroatoms. The number of amides is 1. The normalized spacial score (nSPS) is 21.3. The van der Waals surface area contributed by atoms with Crippen molar-refractivity contribution in [2.24, 2.45) is 0 Å². The van der Waals surface area contributed by atoms with Crippen LogP contribution in [0.3, 0.4) is 0 Å². The third-order valence-corrected chi connectivity index (χ3v) is 1.83. The van der Waals surface area contributed by atoms with Crippen LogP contribution in [0, 0.1) is 0 Å². The number of fused-ring (bicyclic) bond motifs is 1. The van der Waals surface area contributed by atoms with Crippen molar-refractivity contribution in [3.63, 3.8) is 0 Å². The van der Waals surface area contributed by atoms with Gasteiger partial charge in [0.05, 0.1) is 5.69 Å². The number of hydrogen-bond acceptors (Lipinski definition) is 1. The molecule has 0 saturated heterocycles. The van der Waals surface area contributed by atoms with Crippen LogP contribution < -0.4 is 5.12 Å². The summed E-state index contributed by atoms with van der Waals surface area (Å²) in [6.45, 7) is 0. The smallest absolute Gasteiger partial charge is 0.268 e. The lowest BCUT2D eigenvalue weighted by Crippen LogP contribution is -2.17. The number of hydrogen-bond donors (Lipinski definition) is 0. The summed E-state index contributed by atoms with van der Waals surface area (Å²) in [6, 6.07) is 5.89. The third-order valence-electron chi connectivity index (χ3n) is 1.83. The van der Waals surface area contributed by atoms with Gasteiger partial charge in [-0.3, -0.25) is 4.79 Å². The van der Waals surface area contributed by atoms with Gasteiger partial charge in [0.1, 0.15) is 0 Å². The summed E-state index contributed by atoms with van der Waals surface area (Å²) >= 11 is 0. The van der Waals surface area contributed by atoms with Crippen LogP contribution in [-0.2, 0) is 4.79 Å². The van der Waals surface area contributed by atoms with E-state index in [1.54, 1.807) is 12.1 Å². The van der Waals surface area contributed by atoms with Crippen molar-refractivity contribution in [3.05, 3.63) is 29.8 Å². The van der Waals surface area contributed by atoms with Gasteiger partial charge in [0.15, 0.2) is 0 Å². The van der Waals surface area contributed by atoms with Gasteiger partial charge in [-0.25, -0.2) is 4.39 Å². The highest BCUT2D eigenvalue weighted by Crippen LogP contribution is 2.37. The quantitative estimate of drug-likeness (QED) is 0.543. The van der Waals surface area contributed by atoms with Gasteiger partial charge < -0.3 is 0 Å². The van der Waals surface area contributed by atoms with E-state index in [4.69, 9.17) is 0 Å². The van der Waals surface area contributed by atoms with Crippen molar-refractivity contribution in [1.29, 1.82) is 0 Å². The molecule has 0 N–H and O–H groups in total. The lowest BCUT2D eigenvalue weighted by molar-refractivity contribution is -0.125. The summed E-state index contributed by atoms with van der Waals surface area (Å²) in [7, 11) is 0. The van der Waals surface area contributed by atoms with Gasteiger partial charge in [0.2, 0.25) is 6.17 Å². The van der Waals surface area contributed by atoms with Gasteiger partial charge in [-0.1, -0.05) is 22.7 Å². The standard InChI is InChI=1S/C8H5F2NO/c9-7-5-3-1-2-4-6(5)11(10)8(7)12/h1-4,7H. The zero-order valence-electron chi connectivity index (χ0n) is 6.00. The Bertz CT molecular complexity index is 309. The number of anilines is 1. The number of carbonyl (C=O) groups is 1. The number of para-hydroxylation sites is 1. The molecule has 62 valence electrons. The average Bonchev–Trinajstić information content (AvgIpc) is 2.33. The predicted molar refractivity (Wildman–Crippen MR) is 38.9 cm³/mol. The second kappa shape index (κ2) is 2.27. The first kappa shape index (κ1) is 7.21. The fourth-order valence-electron chi connectivity index (χ4n) is 1.23. The van der Waals surface area contributed by atoms with Gasteiger partial charge in [-0.05, 0) is 6.07 Å². The molecule has 0 aliphatic carbocycles. The van der Waals surface area contributed by atoms with Gasteiger partial charge in [0.25, 0.3) is 5.91 Å². The van der Waals surface area contributed by atoms with E-state index in [1.165, 1.54) is 12.1 Å². The number of halogens is 2. The number of benzene rings is 1. The highest BCUT2D eigenvalue weighted by Gasteiger charge is 2.37. The Kier molecular flexibility index (Phi) is 1.36. The van der Waals surface area contributed by atoms with Crippen LogP contribution in [-0.4, -0.2) is 5.91 Å². The van der Waals surface area contributed by atoms with Crippen molar-refractivity contribution >= 4 is 11.6 Å². The molecule has 1 unspecified atom stereocenters. The SMILES string of the molecule is O=C1C(F)c2ccccc2N1F. The van der Waals surface area contributed by atoms with Crippen molar-refractivity contribution < 1.29 is 13.7 Å². The fourth-order valence-corrected chi connectivity index (χ4v) is 1.23. The Morgan fingerprint density at radius 1 is 1.33 bits per heavy atom. The molecule has 1 aliphatic rings. The number of rotatable bonds is 0. The highest BCUT2D eigenvalue weighted by atomic mass is 19.2. The zero-order valence-corrected chi connectivity index (χ0v) is 6.00. The maximum absolute atomic E-state index is 12.9. The Labute approximate surface area is 67.3 Å². The van der Waals surface area contributed by atoms with E-state index in [9.17, 15) is 13.7 Å². The second-order valence-corrected chi connectivity index (χ2v) is 2.54. The van der Waals surface area contributed by atoms with Crippen LogP contribution in [0.5, 0.6) is 0 Å². The van der Waals surface area contributed by atoms with Crippen LogP contribution in [0.25, 0.3) is 0 Å². The van der Waals surface area contributed by atoms with Crippen molar-refractivity contribution in [1.82, 2.24) is 0 Å². The first-order chi connectivity index (χ1) is 5.72. The van der Waals surface area contributed by atoms with Crippen LogP contribution in [0.15, 0.2) is 24.3 Å². The van der Waals surface area contributed by atoms with Crippen molar-refractivity contribution in [3.8, 4) is 0 Å². The van der Waals surface area contributed by atoms with Gasteiger partial charge >= 0.3 is 0 Å². The lowest BCUT2D eigenvalue weighted by Gasteiger charge is -2.01. The van der Waals surface area contributed by atoms with Crippen molar-refractivity contribution in [2.45, 2.75) is 6.17 Å². The van der Waals surface area contributed by atoms with Crippen LogP contribution in [0.2, 0.25) is 0 Å². The summed E-state index contributed by atoms with van der Waals surface area (Å²) in [5.41, 5.74) is 0.111. The number of alkyl halides is 1. The molecule has 1 aromatic carbocycles. The Balaban J connectivity index is 2.59. The highest BCUT2D eigenvalue weighted by molar-refractivity contribution is 6.01. The summed E-state index contributed by atoms with van der Waals surface area (Å²) in [5, 5.41) is -0.153. The van der Waals surface area contributed by atoms with E-state index in [1.807, 2.05) is 0 Å². The van der Waals surface area contributed by atoms with Gasteiger partial charge in [-0.15, -0.1) is 5.12 Å². The topological polar surface area (TPSA) is 20.3 Å². The minimum atomic E-state index is -1.84. The van der Waals surface area contributed by atoms with E-state index < -0.39 is 12.1 Å². The Hall–Kier alpha value is -1.45. The summed E-state index contributed by atoms with van der Waals surface area (Å²) in [5.74, 6) is -1.14. The van der Waals surface area contributed by atoms with E-state index in [0.717, 1.165) is 0 Å². The van der Waals surface area contributed by atoms with Gasteiger partial charge in [0, 0.05) is 5.56 Å². The number of carbonyl (C=O) groups excluding carboxylic acids is 1. The molecule has 0 aromatic heterocycles. The zero-order chi connectivity index (χ0) is 8.72. The Morgan fingerprint density at radius 2 is 2.00 bits per heavy atom. The Morgan fingerprint density at radius 3 is 2.67 bits per heavy atom. The molecule has 2 nitrogen and oxygen atoms in total. The molecule has 12 heavy (non-hydrogen) atoms. The molecule has 1 aliphatic heterocycles. The predicted octanol–water partition coefficient (Wildman–Crippen LogP) is 1.93. The summed E-state index contributed by atoms with van der Waals surface area (Å²) in [6.07, 6.45) is -1.84. The first-order valence-electron chi connectivity index (χ1n) is 3.44. The first-order valence-corrected chi connectivity index (χ1v) is 3.44. The number of nitrogens with zero attached hydrogens (tertiary/aromatic N) is 1. The van der Waals surface area contributed by atoms with E-state index >= 15 is 0 Å². The van der Waals surface area contributed by atoms with E-state index in [0.29, 0.717) is 0 Å². The van der Waals surface area contributed by atoms with Gasteiger partial charge in [-0.2, -0.15) is 0 Å². The summed E-state index contributed by atoms with van der Waals surface area (Å²) in [4.78, 5) is 10.7. The molecule has 0 fully saturated rings. The molecule has 0 bridgehead atoms. The maximum Gasteiger partial charge on any atom is 0.294 e. The van der Waals surface area contributed by atoms with E-state index in [-0.39, 0.29) is 16.4 Å². The molecule has 0 saturated carbocycles. The molecular weight excluding hydrogens is 164 g/mol. The second-order valence-electron chi connectivity index (χ2n) is 2.54. The maximum atomic E-state index is 12.9. The third kappa shape index (κ3) is 0.747. The minimum absolute atomic E-state index is 0.00926. The van der Waals surface area contributed by atoms with Crippen molar-refractivity contribution in [2.75, 3.05) is 5.12 Å². The monoisotopic (exact) mass is 169 g/mol. The van der Waals surface area contributed by atoms with Crippen LogP contribution in [0.4, 0.5) is 14.6 Å².